The number of amides is 1. The van der Waals surface area contributed by atoms with Crippen LogP contribution < -0.4 is 0 Å². The first-order valence-electron chi connectivity index (χ1n) is 10.5. The third kappa shape index (κ3) is 4.97. The highest BCUT2D eigenvalue weighted by atomic mass is 35.5. The molecule has 1 aliphatic heterocycles. The lowest BCUT2D eigenvalue weighted by molar-refractivity contribution is -0.152. The lowest BCUT2D eigenvalue weighted by Gasteiger charge is -2.48. The fraction of sp³-hybridized carbons (Fsp3) is 0.625. The van der Waals surface area contributed by atoms with Crippen LogP contribution in [0.15, 0.2) is 36.9 Å². The number of hydrogen-bond donors (Lipinski definition) is 0. The van der Waals surface area contributed by atoms with E-state index >= 15 is 0 Å². The van der Waals surface area contributed by atoms with Crippen LogP contribution in [0.2, 0.25) is 5.02 Å². The van der Waals surface area contributed by atoms with Gasteiger partial charge in [0.2, 0.25) is 5.91 Å². The number of carbonyl (C=O) groups is 1. The Balaban J connectivity index is 1.95. The van der Waals surface area contributed by atoms with Gasteiger partial charge in [-0.2, -0.15) is 11.8 Å². The van der Waals surface area contributed by atoms with Gasteiger partial charge >= 0.3 is 0 Å². The van der Waals surface area contributed by atoms with Crippen molar-refractivity contribution in [3.05, 3.63) is 47.5 Å². The summed E-state index contributed by atoms with van der Waals surface area (Å²) < 4.78 is 0.201. The van der Waals surface area contributed by atoms with E-state index in [0.29, 0.717) is 17.9 Å². The molecule has 1 aromatic rings. The van der Waals surface area contributed by atoms with Crippen molar-refractivity contribution in [3.8, 4) is 0 Å². The summed E-state index contributed by atoms with van der Waals surface area (Å²) in [5.74, 6) is 1.96. The van der Waals surface area contributed by atoms with Gasteiger partial charge in [0, 0.05) is 21.6 Å². The Morgan fingerprint density at radius 3 is 2.46 bits per heavy atom. The lowest BCUT2D eigenvalue weighted by Crippen LogP contribution is -2.54. The number of nitrogens with zero attached hydrogens (tertiary/aromatic N) is 1. The Labute approximate surface area is 180 Å². The summed E-state index contributed by atoms with van der Waals surface area (Å²) in [5, 5.41) is 0.746. The molecule has 2 nitrogen and oxygen atoms in total. The summed E-state index contributed by atoms with van der Waals surface area (Å²) in [6.07, 6.45) is 7.05. The van der Waals surface area contributed by atoms with E-state index in [4.69, 9.17) is 11.6 Å². The summed E-state index contributed by atoms with van der Waals surface area (Å²) in [6.45, 7) is 12.8. The molecule has 0 bridgehead atoms. The van der Waals surface area contributed by atoms with E-state index < -0.39 is 0 Å². The van der Waals surface area contributed by atoms with Gasteiger partial charge in [0.25, 0.3) is 0 Å². The van der Waals surface area contributed by atoms with E-state index in [9.17, 15) is 4.79 Å². The van der Waals surface area contributed by atoms with Gasteiger partial charge in [-0.25, -0.2) is 0 Å². The van der Waals surface area contributed by atoms with Crippen molar-refractivity contribution < 1.29 is 4.79 Å². The average molecular weight is 420 g/mol. The molecule has 1 heterocycles. The Kier molecular flexibility index (Phi) is 6.56. The SMILES string of the molecule is C=CC[C@@]1(C)CCC(c2ccc(Cl)cc2)N(C(CSC(C)(C)C)C2CC2)C1=O. The molecule has 2 aliphatic rings. The van der Waals surface area contributed by atoms with E-state index in [1.165, 1.54) is 18.4 Å². The number of benzene rings is 1. The fourth-order valence-corrected chi connectivity index (χ4v) is 5.55. The third-order valence-corrected chi connectivity index (χ3v) is 7.74. The first kappa shape index (κ1) is 21.8. The zero-order valence-electron chi connectivity index (χ0n) is 17.7. The van der Waals surface area contributed by atoms with Crippen molar-refractivity contribution in [1.29, 1.82) is 0 Å². The number of hydrogen-bond acceptors (Lipinski definition) is 2. The molecule has 1 aliphatic carbocycles. The van der Waals surface area contributed by atoms with Crippen LogP contribution in [0.25, 0.3) is 0 Å². The summed E-state index contributed by atoms with van der Waals surface area (Å²) in [5.41, 5.74) is 0.884. The molecule has 1 amide bonds. The quantitative estimate of drug-likeness (QED) is 0.448. The molecule has 0 N–H and O–H groups in total. The van der Waals surface area contributed by atoms with E-state index in [0.717, 1.165) is 30.0 Å². The summed E-state index contributed by atoms with van der Waals surface area (Å²) in [7, 11) is 0. The second-order valence-electron chi connectivity index (χ2n) is 9.70. The number of piperidine rings is 1. The van der Waals surface area contributed by atoms with Crippen LogP contribution in [0, 0.1) is 11.3 Å². The molecule has 3 rings (SSSR count). The van der Waals surface area contributed by atoms with E-state index in [2.05, 4.69) is 51.3 Å². The highest BCUT2D eigenvalue weighted by Crippen LogP contribution is 2.49. The van der Waals surface area contributed by atoms with Crippen molar-refractivity contribution in [2.45, 2.75) is 76.6 Å². The monoisotopic (exact) mass is 419 g/mol. The molecule has 28 heavy (non-hydrogen) atoms. The first-order chi connectivity index (χ1) is 13.1. The van der Waals surface area contributed by atoms with E-state index in [1.54, 1.807) is 0 Å². The minimum absolute atomic E-state index is 0.147. The Bertz CT molecular complexity index is 706. The highest BCUT2D eigenvalue weighted by Gasteiger charge is 2.49. The normalized spacial score (nSPS) is 27.0. The van der Waals surface area contributed by atoms with Gasteiger partial charge < -0.3 is 4.90 Å². The van der Waals surface area contributed by atoms with Crippen molar-refractivity contribution in [2.75, 3.05) is 5.75 Å². The van der Waals surface area contributed by atoms with Crippen LogP contribution in [0.5, 0.6) is 0 Å². The molecule has 4 heteroatoms. The van der Waals surface area contributed by atoms with Crippen LogP contribution in [-0.2, 0) is 4.79 Å². The third-order valence-electron chi connectivity index (χ3n) is 6.12. The maximum atomic E-state index is 13.8. The van der Waals surface area contributed by atoms with Gasteiger partial charge in [0.05, 0.1) is 11.5 Å². The summed E-state index contributed by atoms with van der Waals surface area (Å²) in [6, 6.07) is 8.56. The zero-order chi connectivity index (χ0) is 20.5. The maximum absolute atomic E-state index is 13.8. The maximum Gasteiger partial charge on any atom is 0.229 e. The van der Waals surface area contributed by atoms with Crippen molar-refractivity contribution in [3.63, 3.8) is 0 Å². The van der Waals surface area contributed by atoms with Gasteiger partial charge in [0.15, 0.2) is 0 Å². The molecular weight excluding hydrogens is 386 g/mol. The van der Waals surface area contributed by atoms with Gasteiger partial charge in [0.1, 0.15) is 0 Å². The topological polar surface area (TPSA) is 20.3 Å². The zero-order valence-corrected chi connectivity index (χ0v) is 19.3. The van der Waals surface area contributed by atoms with Crippen LogP contribution in [0.1, 0.15) is 71.4 Å². The Hall–Kier alpha value is -0.930. The molecule has 154 valence electrons. The van der Waals surface area contributed by atoms with Crippen molar-refractivity contribution >= 4 is 29.3 Å². The second kappa shape index (κ2) is 8.44. The standard InChI is InChI=1S/C24H34ClNOS/c1-6-14-24(5)15-13-20(17-9-11-19(25)12-10-17)26(22(24)27)21(18-7-8-18)16-28-23(2,3)4/h6,9-12,18,20-21H,1,7-8,13-16H2,2-5H3/t20?,21?,24-/m0/s1. The molecule has 2 unspecified atom stereocenters. The van der Waals surface area contributed by atoms with Gasteiger partial charge in [-0.1, -0.05) is 57.5 Å². The molecule has 1 saturated heterocycles. The highest BCUT2D eigenvalue weighted by molar-refractivity contribution is 8.00. The molecular formula is C24H34ClNOS. The minimum Gasteiger partial charge on any atom is -0.331 e. The van der Waals surface area contributed by atoms with Crippen LogP contribution in [0.3, 0.4) is 0 Å². The molecule has 0 aromatic heterocycles. The fourth-order valence-electron chi connectivity index (χ4n) is 4.32. The number of thioether (sulfide) groups is 1. The van der Waals surface area contributed by atoms with Crippen LogP contribution in [0.4, 0.5) is 0 Å². The molecule has 2 fully saturated rings. The average Bonchev–Trinajstić information content (AvgIpc) is 3.44. The molecule has 0 spiro atoms. The summed E-state index contributed by atoms with van der Waals surface area (Å²) >= 11 is 8.11. The first-order valence-corrected chi connectivity index (χ1v) is 11.8. The number of allylic oxidation sites excluding steroid dienone is 1. The minimum atomic E-state index is -0.329. The van der Waals surface area contributed by atoms with E-state index in [-0.39, 0.29) is 16.2 Å². The molecule has 0 radical (unpaired) electrons. The van der Waals surface area contributed by atoms with Gasteiger partial charge in [-0.05, 0) is 55.7 Å². The van der Waals surface area contributed by atoms with Gasteiger partial charge in [-0.3, -0.25) is 4.79 Å². The number of likely N-dealkylation sites (tertiary alicyclic amines) is 1. The second-order valence-corrected chi connectivity index (χ2v) is 12.0. The van der Waals surface area contributed by atoms with Crippen molar-refractivity contribution in [2.24, 2.45) is 11.3 Å². The van der Waals surface area contributed by atoms with Gasteiger partial charge in [-0.15, -0.1) is 6.58 Å². The van der Waals surface area contributed by atoms with E-state index in [1.807, 2.05) is 30.0 Å². The smallest absolute Gasteiger partial charge is 0.229 e. The predicted molar refractivity (Wildman–Crippen MR) is 122 cm³/mol. The predicted octanol–water partition coefficient (Wildman–Crippen LogP) is 6.90. The van der Waals surface area contributed by atoms with Crippen molar-refractivity contribution in [1.82, 2.24) is 4.90 Å². The van der Waals surface area contributed by atoms with Crippen LogP contribution >= 0.6 is 23.4 Å². The molecule has 1 saturated carbocycles. The number of halogens is 1. The number of rotatable bonds is 7. The Morgan fingerprint density at radius 1 is 1.29 bits per heavy atom. The molecule has 1 aromatic carbocycles. The number of carbonyl (C=O) groups excluding carboxylic acids is 1. The van der Waals surface area contributed by atoms with Crippen LogP contribution in [-0.4, -0.2) is 27.3 Å². The molecule has 3 atom stereocenters. The summed E-state index contributed by atoms with van der Waals surface area (Å²) in [4.78, 5) is 16.1. The lowest BCUT2D eigenvalue weighted by atomic mass is 9.74. The Morgan fingerprint density at radius 2 is 1.93 bits per heavy atom. The largest absolute Gasteiger partial charge is 0.331 e.